The highest BCUT2D eigenvalue weighted by Gasteiger charge is 2.02. The molecular formula is C9H17NO. The molecule has 0 saturated heterocycles. The van der Waals surface area contributed by atoms with Crippen LogP contribution in [0, 0.1) is 12.3 Å². The second kappa shape index (κ2) is 7.59. The van der Waals surface area contributed by atoms with E-state index in [1.807, 2.05) is 14.0 Å². The van der Waals surface area contributed by atoms with Gasteiger partial charge in [0.05, 0.1) is 0 Å². The van der Waals surface area contributed by atoms with E-state index in [9.17, 15) is 0 Å². The highest BCUT2D eigenvalue weighted by Crippen LogP contribution is 1.96. The monoisotopic (exact) mass is 155 g/mol. The molecule has 64 valence electrons. The fourth-order valence-electron chi connectivity index (χ4n) is 0.861. The average molecular weight is 155 g/mol. The van der Waals surface area contributed by atoms with Crippen molar-refractivity contribution in [1.82, 2.24) is 5.32 Å². The van der Waals surface area contributed by atoms with Crippen LogP contribution in [-0.2, 0) is 4.74 Å². The Morgan fingerprint density at radius 3 is 2.82 bits per heavy atom. The molecule has 0 radical (unpaired) electrons. The van der Waals surface area contributed by atoms with Crippen LogP contribution >= 0.6 is 0 Å². The van der Waals surface area contributed by atoms with Crippen LogP contribution in [0.3, 0.4) is 0 Å². The normalized spacial score (nSPS) is 12.5. The molecule has 0 rings (SSSR count). The van der Waals surface area contributed by atoms with Crippen molar-refractivity contribution in [1.29, 1.82) is 0 Å². The zero-order valence-electron chi connectivity index (χ0n) is 7.39. The molecule has 0 amide bonds. The van der Waals surface area contributed by atoms with E-state index in [1.165, 1.54) is 0 Å². The van der Waals surface area contributed by atoms with E-state index in [0.29, 0.717) is 6.04 Å². The van der Waals surface area contributed by atoms with Crippen molar-refractivity contribution in [3.05, 3.63) is 0 Å². The minimum absolute atomic E-state index is 0.409. The summed E-state index contributed by atoms with van der Waals surface area (Å²) in [7, 11) is 1.92. The minimum atomic E-state index is 0.409. The van der Waals surface area contributed by atoms with Crippen LogP contribution in [0.5, 0.6) is 0 Å². The van der Waals surface area contributed by atoms with E-state index in [4.69, 9.17) is 11.2 Å². The first-order chi connectivity index (χ1) is 5.35. The van der Waals surface area contributed by atoms with E-state index in [0.717, 1.165) is 26.1 Å². The molecule has 2 nitrogen and oxygen atoms in total. The second-order valence-corrected chi connectivity index (χ2v) is 2.38. The van der Waals surface area contributed by atoms with Crippen molar-refractivity contribution >= 4 is 0 Å². The first-order valence-electron chi connectivity index (χ1n) is 4.03. The topological polar surface area (TPSA) is 21.3 Å². The smallest absolute Gasteiger partial charge is 0.0481 e. The van der Waals surface area contributed by atoms with Gasteiger partial charge >= 0.3 is 0 Å². The predicted molar refractivity (Wildman–Crippen MR) is 47.4 cm³/mol. The van der Waals surface area contributed by atoms with Gasteiger partial charge in [0.15, 0.2) is 0 Å². The van der Waals surface area contributed by atoms with Gasteiger partial charge in [0.1, 0.15) is 0 Å². The predicted octanol–water partition coefficient (Wildman–Crippen LogP) is 1.02. The number of nitrogens with one attached hydrogen (secondary N) is 1. The lowest BCUT2D eigenvalue weighted by atomic mass is 10.1. The molecule has 11 heavy (non-hydrogen) atoms. The molecule has 2 heteroatoms. The SMILES string of the molecule is C#CCC(CCOCC)NC. The maximum atomic E-state index is 5.20. The maximum Gasteiger partial charge on any atom is 0.0481 e. The Bertz CT molecular complexity index is 117. The largest absolute Gasteiger partial charge is 0.382 e. The summed E-state index contributed by atoms with van der Waals surface area (Å²) in [4.78, 5) is 0. The number of hydrogen-bond acceptors (Lipinski definition) is 2. The van der Waals surface area contributed by atoms with Gasteiger partial charge in [-0.3, -0.25) is 0 Å². The maximum absolute atomic E-state index is 5.20. The van der Waals surface area contributed by atoms with Gasteiger partial charge in [0.25, 0.3) is 0 Å². The fraction of sp³-hybridized carbons (Fsp3) is 0.778. The van der Waals surface area contributed by atoms with Crippen molar-refractivity contribution in [3.8, 4) is 12.3 Å². The molecule has 0 spiro atoms. The standard InChI is InChI=1S/C9H17NO/c1-4-6-9(10-3)7-8-11-5-2/h1,9-10H,5-8H2,2-3H3. The van der Waals surface area contributed by atoms with Gasteiger partial charge < -0.3 is 10.1 Å². The first kappa shape index (κ1) is 10.5. The van der Waals surface area contributed by atoms with Crippen LogP contribution < -0.4 is 5.32 Å². The Labute approximate surface area is 69.3 Å². The minimum Gasteiger partial charge on any atom is -0.382 e. The van der Waals surface area contributed by atoms with E-state index < -0.39 is 0 Å². The fourth-order valence-corrected chi connectivity index (χ4v) is 0.861. The molecule has 0 aromatic heterocycles. The Morgan fingerprint density at radius 2 is 2.36 bits per heavy atom. The Balaban J connectivity index is 3.30. The van der Waals surface area contributed by atoms with Crippen molar-refractivity contribution in [2.24, 2.45) is 0 Å². The second-order valence-electron chi connectivity index (χ2n) is 2.38. The molecule has 0 aliphatic heterocycles. The molecule has 1 unspecified atom stereocenters. The van der Waals surface area contributed by atoms with Crippen LogP contribution in [0.25, 0.3) is 0 Å². The molecule has 1 atom stereocenters. The van der Waals surface area contributed by atoms with Gasteiger partial charge in [-0.15, -0.1) is 12.3 Å². The molecular weight excluding hydrogens is 138 g/mol. The third-order valence-electron chi connectivity index (χ3n) is 1.59. The summed E-state index contributed by atoms with van der Waals surface area (Å²) < 4.78 is 5.20. The lowest BCUT2D eigenvalue weighted by Crippen LogP contribution is -2.26. The highest BCUT2D eigenvalue weighted by molar-refractivity contribution is 4.89. The van der Waals surface area contributed by atoms with Crippen LogP contribution in [0.4, 0.5) is 0 Å². The van der Waals surface area contributed by atoms with Crippen LogP contribution in [-0.4, -0.2) is 26.3 Å². The van der Waals surface area contributed by atoms with Gasteiger partial charge in [-0.05, 0) is 20.4 Å². The summed E-state index contributed by atoms with van der Waals surface area (Å²) in [5, 5.41) is 3.14. The zero-order chi connectivity index (χ0) is 8.53. The highest BCUT2D eigenvalue weighted by atomic mass is 16.5. The summed E-state index contributed by atoms with van der Waals surface area (Å²) in [6, 6.07) is 0.409. The van der Waals surface area contributed by atoms with Crippen molar-refractivity contribution in [3.63, 3.8) is 0 Å². The third kappa shape index (κ3) is 5.90. The lowest BCUT2D eigenvalue weighted by molar-refractivity contribution is 0.137. The number of ether oxygens (including phenoxy) is 1. The van der Waals surface area contributed by atoms with Crippen LogP contribution in [0.1, 0.15) is 19.8 Å². The van der Waals surface area contributed by atoms with Crippen molar-refractivity contribution < 1.29 is 4.74 Å². The number of terminal acetylenes is 1. The molecule has 0 aromatic carbocycles. The van der Waals surface area contributed by atoms with Gasteiger partial charge in [0, 0.05) is 25.7 Å². The Kier molecular flexibility index (Phi) is 7.23. The quantitative estimate of drug-likeness (QED) is 0.457. The summed E-state index contributed by atoms with van der Waals surface area (Å²) in [6.45, 7) is 3.58. The summed E-state index contributed by atoms with van der Waals surface area (Å²) in [5.41, 5.74) is 0. The third-order valence-corrected chi connectivity index (χ3v) is 1.59. The van der Waals surface area contributed by atoms with Crippen LogP contribution in [0.2, 0.25) is 0 Å². The van der Waals surface area contributed by atoms with E-state index in [1.54, 1.807) is 0 Å². The zero-order valence-corrected chi connectivity index (χ0v) is 7.39. The molecule has 0 bridgehead atoms. The van der Waals surface area contributed by atoms with E-state index in [-0.39, 0.29) is 0 Å². The van der Waals surface area contributed by atoms with Crippen molar-refractivity contribution in [2.75, 3.05) is 20.3 Å². The summed E-state index contributed by atoms with van der Waals surface area (Å²) in [5.74, 6) is 2.63. The van der Waals surface area contributed by atoms with Crippen LogP contribution in [0.15, 0.2) is 0 Å². The van der Waals surface area contributed by atoms with Gasteiger partial charge in [-0.25, -0.2) is 0 Å². The molecule has 0 fully saturated rings. The Morgan fingerprint density at radius 1 is 1.64 bits per heavy atom. The molecule has 0 heterocycles. The van der Waals surface area contributed by atoms with Gasteiger partial charge in [-0.1, -0.05) is 0 Å². The van der Waals surface area contributed by atoms with E-state index >= 15 is 0 Å². The molecule has 0 aromatic rings. The lowest BCUT2D eigenvalue weighted by Gasteiger charge is -2.12. The van der Waals surface area contributed by atoms with Crippen molar-refractivity contribution in [2.45, 2.75) is 25.8 Å². The Hall–Kier alpha value is -0.520. The molecule has 0 aliphatic carbocycles. The first-order valence-corrected chi connectivity index (χ1v) is 4.03. The summed E-state index contributed by atoms with van der Waals surface area (Å²) in [6.07, 6.45) is 6.95. The molecule has 0 saturated carbocycles. The molecule has 0 aliphatic rings. The van der Waals surface area contributed by atoms with Gasteiger partial charge in [0.2, 0.25) is 0 Å². The molecule has 1 N–H and O–H groups in total. The average Bonchev–Trinajstić information content (AvgIpc) is 2.03. The number of hydrogen-bond donors (Lipinski definition) is 1. The van der Waals surface area contributed by atoms with E-state index in [2.05, 4.69) is 11.2 Å². The van der Waals surface area contributed by atoms with Gasteiger partial charge in [-0.2, -0.15) is 0 Å². The number of rotatable bonds is 6. The summed E-state index contributed by atoms with van der Waals surface area (Å²) >= 11 is 0.